The topological polar surface area (TPSA) is 94.8 Å². The van der Waals surface area contributed by atoms with E-state index < -0.39 is 41.1 Å². The molecule has 3 N–H and O–H groups in total. The number of hydrogen-bond donors (Lipinski definition) is 3. The van der Waals surface area contributed by atoms with Gasteiger partial charge in [0.05, 0.1) is 6.10 Å². The molecule has 3 fully saturated rings. The SMILES string of the molecule is C[C@]12CCC(=O)C=C1[C@@H](F)C[C@H]1[C@H]2[C@@H](O)C[C@@]2(C)[C@@H]1CC[C@@]2(O)C(=O)CO. The predicted molar refractivity (Wildman–Crippen MR) is 95.4 cm³/mol. The van der Waals surface area contributed by atoms with Crippen LogP contribution in [-0.2, 0) is 9.59 Å². The summed E-state index contributed by atoms with van der Waals surface area (Å²) in [7, 11) is 0. The minimum Gasteiger partial charge on any atom is -0.393 e. The Balaban J connectivity index is 1.77. The van der Waals surface area contributed by atoms with Crippen LogP contribution >= 0.6 is 0 Å². The van der Waals surface area contributed by atoms with Crippen molar-refractivity contribution in [2.45, 2.75) is 70.2 Å². The number of Topliss-reactive ketones (excluding diaryl/α,β-unsaturated/α-hetero) is 1. The Bertz CT molecular complexity index is 719. The summed E-state index contributed by atoms with van der Waals surface area (Å²) >= 11 is 0. The van der Waals surface area contributed by atoms with Gasteiger partial charge < -0.3 is 15.3 Å². The van der Waals surface area contributed by atoms with Crippen molar-refractivity contribution in [2.75, 3.05) is 6.61 Å². The third-order valence-electron chi connectivity index (χ3n) is 8.63. The summed E-state index contributed by atoms with van der Waals surface area (Å²) < 4.78 is 15.2. The van der Waals surface area contributed by atoms with Crippen LogP contribution in [-0.4, -0.2) is 51.4 Å². The van der Waals surface area contributed by atoms with Crippen molar-refractivity contribution in [3.05, 3.63) is 11.6 Å². The van der Waals surface area contributed by atoms with Crippen molar-refractivity contribution in [1.82, 2.24) is 0 Å². The summed E-state index contributed by atoms with van der Waals surface area (Å²) in [4.78, 5) is 24.2. The van der Waals surface area contributed by atoms with E-state index in [1.807, 2.05) is 13.8 Å². The zero-order chi connectivity index (χ0) is 19.8. The van der Waals surface area contributed by atoms with Crippen LogP contribution in [0.4, 0.5) is 4.39 Å². The minimum atomic E-state index is -1.68. The fraction of sp³-hybridized carbons (Fsp3) is 0.810. The van der Waals surface area contributed by atoms with E-state index in [9.17, 15) is 24.9 Å². The number of hydrogen-bond acceptors (Lipinski definition) is 5. The fourth-order valence-electron chi connectivity index (χ4n) is 7.29. The van der Waals surface area contributed by atoms with Crippen LogP contribution < -0.4 is 0 Å². The zero-order valence-electron chi connectivity index (χ0n) is 15.9. The van der Waals surface area contributed by atoms with E-state index >= 15 is 4.39 Å². The molecule has 0 bridgehead atoms. The Morgan fingerprint density at radius 1 is 1.33 bits per heavy atom. The second-order valence-electron chi connectivity index (χ2n) is 9.65. The molecule has 5 nitrogen and oxygen atoms in total. The zero-order valence-corrected chi connectivity index (χ0v) is 15.9. The number of allylic oxidation sites excluding steroid dienone is 1. The summed E-state index contributed by atoms with van der Waals surface area (Å²) in [5.41, 5.74) is -2.61. The van der Waals surface area contributed by atoms with Gasteiger partial charge in [0.15, 0.2) is 11.6 Å². The van der Waals surface area contributed by atoms with Crippen molar-refractivity contribution in [2.24, 2.45) is 28.6 Å². The van der Waals surface area contributed by atoms with Gasteiger partial charge in [0.2, 0.25) is 0 Å². The molecule has 0 heterocycles. The normalized spacial score (nSPS) is 51.9. The standard InChI is InChI=1S/C21H29FO5/c1-19-5-3-11(24)7-14(19)15(22)8-12-13-4-6-21(27,17(26)10-23)20(13,2)9-16(25)18(12)19/h7,12-13,15-16,18,23,25,27H,3-6,8-10H2,1-2H3/t12-,13-,15+,16+,18+,19+,20+,21-/m1/s1. The molecular weight excluding hydrogens is 351 g/mol. The third kappa shape index (κ3) is 2.33. The van der Waals surface area contributed by atoms with Gasteiger partial charge in [-0.3, -0.25) is 9.59 Å². The van der Waals surface area contributed by atoms with Gasteiger partial charge in [-0.25, -0.2) is 4.39 Å². The van der Waals surface area contributed by atoms with Gasteiger partial charge in [-0.2, -0.15) is 0 Å². The van der Waals surface area contributed by atoms with E-state index in [-0.39, 0.29) is 42.8 Å². The lowest BCUT2D eigenvalue weighted by molar-refractivity contribution is -0.185. The smallest absolute Gasteiger partial charge is 0.190 e. The quantitative estimate of drug-likeness (QED) is 0.678. The fourth-order valence-corrected chi connectivity index (χ4v) is 7.29. The van der Waals surface area contributed by atoms with Crippen LogP contribution in [0, 0.1) is 28.6 Å². The van der Waals surface area contributed by atoms with E-state index in [0.29, 0.717) is 24.8 Å². The van der Waals surface area contributed by atoms with Crippen LogP contribution in [0.25, 0.3) is 0 Å². The Morgan fingerprint density at radius 2 is 2.04 bits per heavy atom. The van der Waals surface area contributed by atoms with Gasteiger partial charge >= 0.3 is 0 Å². The Kier molecular flexibility index (Phi) is 4.23. The predicted octanol–water partition coefficient (Wildman–Crippen LogP) is 1.73. The molecule has 0 amide bonds. The first kappa shape index (κ1) is 19.2. The molecule has 0 saturated heterocycles. The van der Waals surface area contributed by atoms with Gasteiger partial charge in [0, 0.05) is 11.8 Å². The summed E-state index contributed by atoms with van der Waals surface area (Å²) in [5, 5.41) is 31.6. The molecule has 150 valence electrons. The minimum absolute atomic E-state index is 0.0532. The number of fused-ring (bicyclic) bond motifs is 5. The first-order chi connectivity index (χ1) is 12.6. The largest absolute Gasteiger partial charge is 0.393 e. The third-order valence-corrected chi connectivity index (χ3v) is 8.63. The van der Waals surface area contributed by atoms with Crippen LogP contribution in [0.3, 0.4) is 0 Å². The number of ketones is 2. The molecule has 4 rings (SSSR count). The Morgan fingerprint density at radius 3 is 2.70 bits per heavy atom. The highest BCUT2D eigenvalue weighted by atomic mass is 19.1. The van der Waals surface area contributed by atoms with E-state index in [1.165, 1.54) is 6.08 Å². The van der Waals surface area contributed by atoms with Gasteiger partial charge in [-0.1, -0.05) is 13.8 Å². The molecule has 4 aliphatic rings. The number of alkyl halides is 1. The summed E-state index contributed by atoms with van der Waals surface area (Å²) in [5.74, 6) is -1.11. The molecule has 0 aromatic carbocycles. The molecule has 4 aliphatic carbocycles. The first-order valence-electron chi connectivity index (χ1n) is 10.0. The van der Waals surface area contributed by atoms with E-state index in [4.69, 9.17) is 0 Å². The van der Waals surface area contributed by atoms with Gasteiger partial charge in [-0.05, 0) is 66.9 Å². The molecule has 0 aromatic heterocycles. The van der Waals surface area contributed by atoms with E-state index in [0.717, 1.165) is 0 Å². The lowest BCUT2D eigenvalue weighted by Gasteiger charge is -2.61. The van der Waals surface area contributed by atoms with Crippen LogP contribution in [0.5, 0.6) is 0 Å². The van der Waals surface area contributed by atoms with Crippen molar-refractivity contribution < 1.29 is 29.3 Å². The van der Waals surface area contributed by atoms with Crippen molar-refractivity contribution >= 4 is 11.6 Å². The lowest BCUT2D eigenvalue weighted by Crippen LogP contribution is -2.63. The number of rotatable bonds is 2. The molecule has 0 radical (unpaired) electrons. The second kappa shape index (κ2) is 5.94. The molecule has 0 aliphatic heterocycles. The first-order valence-corrected chi connectivity index (χ1v) is 10.0. The molecule has 27 heavy (non-hydrogen) atoms. The number of aliphatic hydroxyl groups is 3. The lowest BCUT2D eigenvalue weighted by atomic mass is 9.45. The second-order valence-corrected chi connectivity index (χ2v) is 9.65. The molecule has 6 heteroatoms. The average Bonchev–Trinajstić information content (AvgIpc) is 2.87. The van der Waals surface area contributed by atoms with Gasteiger partial charge in [-0.15, -0.1) is 0 Å². The highest BCUT2D eigenvalue weighted by molar-refractivity contribution is 5.92. The maximum absolute atomic E-state index is 15.2. The summed E-state index contributed by atoms with van der Waals surface area (Å²) in [6.07, 6.45) is 1.57. The molecule has 0 unspecified atom stereocenters. The van der Waals surface area contributed by atoms with Crippen molar-refractivity contribution in [1.29, 1.82) is 0 Å². The van der Waals surface area contributed by atoms with Gasteiger partial charge in [0.1, 0.15) is 18.4 Å². The molecule has 0 spiro atoms. The van der Waals surface area contributed by atoms with Crippen molar-refractivity contribution in [3.63, 3.8) is 0 Å². The molecule has 8 atom stereocenters. The van der Waals surface area contributed by atoms with Crippen LogP contribution in [0.1, 0.15) is 52.4 Å². The number of halogens is 1. The van der Waals surface area contributed by atoms with E-state index in [1.54, 1.807) is 0 Å². The Hall–Kier alpha value is -1.11. The summed E-state index contributed by atoms with van der Waals surface area (Å²) in [6.45, 7) is 3.03. The Labute approximate surface area is 158 Å². The summed E-state index contributed by atoms with van der Waals surface area (Å²) in [6, 6.07) is 0. The molecule has 3 saturated carbocycles. The van der Waals surface area contributed by atoms with E-state index in [2.05, 4.69) is 0 Å². The maximum Gasteiger partial charge on any atom is 0.190 e. The molecule has 0 aromatic rings. The van der Waals surface area contributed by atoms with Crippen LogP contribution in [0.15, 0.2) is 11.6 Å². The van der Waals surface area contributed by atoms with Crippen molar-refractivity contribution in [3.8, 4) is 0 Å². The van der Waals surface area contributed by atoms with Crippen LogP contribution in [0.2, 0.25) is 0 Å². The highest BCUT2D eigenvalue weighted by Gasteiger charge is 2.69. The number of carbonyl (C=O) groups excluding carboxylic acids is 2. The maximum atomic E-state index is 15.2. The number of carbonyl (C=O) groups is 2. The average molecular weight is 380 g/mol. The number of aliphatic hydroxyl groups excluding tert-OH is 2. The van der Waals surface area contributed by atoms with Gasteiger partial charge in [0.25, 0.3) is 0 Å². The molecular formula is C21H29FO5. The highest BCUT2D eigenvalue weighted by Crippen LogP contribution is 2.67. The monoisotopic (exact) mass is 380 g/mol.